The summed E-state index contributed by atoms with van der Waals surface area (Å²) < 4.78 is 33.6. The van der Waals surface area contributed by atoms with Crippen LogP contribution in [0.25, 0.3) is 0 Å². The molecule has 282 valence electrons. The van der Waals surface area contributed by atoms with E-state index >= 15 is 0 Å². The molecule has 0 aliphatic carbocycles. The highest BCUT2D eigenvalue weighted by Gasteiger charge is 2.41. The van der Waals surface area contributed by atoms with Crippen LogP contribution in [0.5, 0.6) is 46.0 Å². The van der Waals surface area contributed by atoms with Gasteiger partial charge in [0, 0.05) is 23.0 Å². The van der Waals surface area contributed by atoms with Gasteiger partial charge >= 0.3 is 5.97 Å². The second kappa shape index (κ2) is 15.7. The smallest absolute Gasteiger partial charge is 0.309 e. The standard InChI is InChI=1S/C40H44O13/c1-48-32-15-22(5-7-30(32)43)36(45)28(17-41)26-11-21(13-34(50-3)37(26)46)10-25-24(19-52-40(25)47)9-20-12-27-29(18-42)38(53-39(27)35(14-20)51-4)23-6-8-31(44)33(16-23)49-2/h5-8,11-16,24-25,28-29,36,38,41-46H,9-10,17-19H2,1-4H3/t24-,25+,28+,29-,36+,38+/m0/s1. The van der Waals surface area contributed by atoms with Crippen LogP contribution in [0.2, 0.25) is 0 Å². The normalized spacial score (nSPS) is 20.2. The first-order valence-electron chi connectivity index (χ1n) is 17.1. The molecule has 1 fully saturated rings. The number of benzene rings is 4. The SMILES string of the molecule is COc1cc([C@@H](O)[C@H](CO)c2cc(C[C@H]3C(=O)OC[C@@H]3Cc3cc(OC)c4c(c3)[C@H](CO)[C@@H](c3ccc(O)c(OC)c3)O4)cc(OC)c2O)ccc1O. The number of hydrogen-bond donors (Lipinski definition) is 6. The predicted octanol–water partition coefficient (Wildman–Crippen LogP) is 4.43. The lowest BCUT2D eigenvalue weighted by Crippen LogP contribution is -2.21. The molecule has 6 N–H and O–H groups in total. The summed E-state index contributed by atoms with van der Waals surface area (Å²) in [7, 11) is 5.75. The molecule has 0 radical (unpaired) electrons. The maximum Gasteiger partial charge on any atom is 0.309 e. The maximum absolute atomic E-state index is 13.2. The van der Waals surface area contributed by atoms with Crippen molar-refractivity contribution in [2.75, 3.05) is 48.3 Å². The topological polar surface area (TPSA) is 194 Å². The fourth-order valence-electron chi connectivity index (χ4n) is 7.43. The molecule has 0 amide bonds. The Balaban J connectivity index is 1.27. The molecule has 2 aliphatic rings. The van der Waals surface area contributed by atoms with Crippen LogP contribution in [-0.2, 0) is 22.4 Å². The van der Waals surface area contributed by atoms with Gasteiger partial charge in [-0.2, -0.15) is 0 Å². The van der Waals surface area contributed by atoms with Gasteiger partial charge < -0.3 is 59.1 Å². The number of phenols is 3. The van der Waals surface area contributed by atoms with Crippen LogP contribution in [0.1, 0.15) is 57.4 Å². The van der Waals surface area contributed by atoms with Gasteiger partial charge in [-0.1, -0.05) is 24.3 Å². The molecule has 13 heteroatoms. The summed E-state index contributed by atoms with van der Waals surface area (Å²) >= 11 is 0. The number of rotatable bonds is 14. The molecule has 6 rings (SSSR count). The van der Waals surface area contributed by atoms with Crippen LogP contribution in [0.4, 0.5) is 0 Å². The number of aromatic hydroxyl groups is 3. The van der Waals surface area contributed by atoms with Crippen molar-refractivity contribution in [1.82, 2.24) is 0 Å². The zero-order valence-electron chi connectivity index (χ0n) is 29.8. The number of carbonyl (C=O) groups excluding carboxylic acids is 1. The molecule has 13 nitrogen and oxygen atoms in total. The van der Waals surface area contributed by atoms with E-state index in [1.54, 1.807) is 24.3 Å². The molecule has 6 atom stereocenters. The second-order valence-electron chi connectivity index (χ2n) is 13.3. The van der Waals surface area contributed by atoms with E-state index in [0.29, 0.717) is 34.6 Å². The minimum absolute atomic E-state index is 0.0158. The average molecular weight is 733 g/mol. The molecular weight excluding hydrogens is 688 g/mol. The Morgan fingerprint density at radius 2 is 1.40 bits per heavy atom. The van der Waals surface area contributed by atoms with E-state index < -0.39 is 36.6 Å². The second-order valence-corrected chi connectivity index (χ2v) is 13.3. The Morgan fingerprint density at radius 1 is 0.755 bits per heavy atom. The van der Waals surface area contributed by atoms with Crippen molar-refractivity contribution in [2.45, 2.75) is 36.9 Å². The lowest BCUT2D eigenvalue weighted by molar-refractivity contribution is -0.141. The number of ether oxygens (including phenoxy) is 6. The van der Waals surface area contributed by atoms with E-state index in [1.807, 2.05) is 12.1 Å². The summed E-state index contributed by atoms with van der Waals surface area (Å²) in [5.74, 6) is -1.59. The number of aliphatic hydroxyl groups excluding tert-OH is 3. The van der Waals surface area contributed by atoms with Crippen molar-refractivity contribution in [2.24, 2.45) is 11.8 Å². The van der Waals surface area contributed by atoms with Gasteiger partial charge in [-0.25, -0.2) is 0 Å². The largest absolute Gasteiger partial charge is 0.504 e. The monoisotopic (exact) mass is 732 g/mol. The maximum atomic E-state index is 13.2. The number of carbonyl (C=O) groups is 1. The number of cyclic esters (lactones) is 1. The summed E-state index contributed by atoms with van der Waals surface area (Å²) in [5, 5.41) is 63.6. The van der Waals surface area contributed by atoms with Crippen LogP contribution >= 0.6 is 0 Å². The summed E-state index contributed by atoms with van der Waals surface area (Å²) in [4.78, 5) is 13.2. The molecule has 0 unspecified atom stereocenters. The van der Waals surface area contributed by atoms with Gasteiger partial charge in [-0.15, -0.1) is 0 Å². The first kappa shape index (κ1) is 37.4. The van der Waals surface area contributed by atoms with Gasteiger partial charge in [-0.3, -0.25) is 4.79 Å². The highest BCUT2D eigenvalue weighted by molar-refractivity contribution is 5.75. The van der Waals surface area contributed by atoms with Gasteiger partial charge in [0.1, 0.15) is 6.10 Å². The van der Waals surface area contributed by atoms with Gasteiger partial charge in [0.25, 0.3) is 0 Å². The highest BCUT2D eigenvalue weighted by Crippen LogP contribution is 2.52. The summed E-state index contributed by atoms with van der Waals surface area (Å²) in [6.07, 6.45) is -1.24. The number of phenolic OH excluding ortho intramolecular Hbond substituents is 3. The third-order valence-electron chi connectivity index (χ3n) is 10.3. The zero-order valence-corrected chi connectivity index (χ0v) is 29.8. The fraction of sp³-hybridized carbons (Fsp3) is 0.375. The Kier molecular flexibility index (Phi) is 11.1. The molecule has 2 aliphatic heterocycles. The lowest BCUT2D eigenvalue weighted by atomic mass is 9.82. The quantitative estimate of drug-likeness (QED) is 0.0999. The minimum Gasteiger partial charge on any atom is -0.504 e. The van der Waals surface area contributed by atoms with Crippen molar-refractivity contribution in [1.29, 1.82) is 0 Å². The fourth-order valence-corrected chi connectivity index (χ4v) is 7.43. The molecule has 4 aromatic rings. The van der Waals surface area contributed by atoms with Gasteiger partial charge in [0.05, 0.1) is 66.2 Å². The van der Waals surface area contributed by atoms with Crippen molar-refractivity contribution in [3.63, 3.8) is 0 Å². The minimum atomic E-state index is -1.30. The van der Waals surface area contributed by atoms with Crippen molar-refractivity contribution >= 4 is 5.97 Å². The van der Waals surface area contributed by atoms with Crippen LogP contribution in [0, 0.1) is 11.8 Å². The van der Waals surface area contributed by atoms with Crippen molar-refractivity contribution in [3.05, 3.63) is 94.0 Å². The first-order valence-corrected chi connectivity index (χ1v) is 17.1. The third-order valence-corrected chi connectivity index (χ3v) is 10.3. The first-order chi connectivity index (χ1) is 25.5. The van der Waals surface area contributed by atoms with E-state index in [4.69, 9.17) is 28.4 Å². The summed E-state index contributed by atoms with van der Waals surface area (Å²) in [5.41, 5.74) is 3.46. The van der Waals surface area contributed by atoms with E-state index in [9.17, 15) is 35.4 Å². The summed E-state index contributed by atoms with van der Waals surface area (Å²) in [6, 6.07) is 16.3. The predicted molar refractivity (Wildman–Crippen MR) is 190 cm³/mol. The Labute approximate surface area is 306 Å². The lowest BCUT2D eigenvalue weighted by Gasteiger charge is -2.25. The summed E-state index contributed by atoms with van der Waals surface area (Å²) in [6.45, 7) is -0.601. The van der Waals surface area contributed by atoms with E-state index in [1.165, 1.54) is 52.7 Å². The molecule has 2 heterocycles. The highest BCUT2D eigenvalue weighted by atomic mass is 16.5. The molecule has 0 spiro atoms. The Morgan fingerprint density at radius 3 is 2.06 bits per heavy atom. The number of esters is 1. The molecule has 4 aromatic carbocycles. The molecular formula is C40H44O13. The van der Waals surface area contributed by atoms with Crippen LogP contribution in [0.3, 0.4) is 0 Å². The van der Waals surface area contributed by atoms with Crippen LogP contribution in [-0.4, -0.2) is 84.9 Å². The third kappa shape index (κ3) is 7.19. The number of methoxy groups -OCH3 is 4. The van der Waals surface area contributed by atoms with Gasteiger partial charge in [0.2, 0.25) is 0 Å². The zero-order chi connectivity index (χ0) is 38.0. The van der Waals surface area contributed by atoms with Crippen LogP contribution in [0.15, 0.2) is 60.7 Å². The van der Waals surface area contributed by atoms with E-state index in [0.717, 1.165) is 11.1 Å². The molecule has 1 saturated heterocycles. The van der Waals surface area contributed by atoms with Crippen LogP contribution < -0.4 is 23.7 Å². The number of fused-ring (bicyclic) bond motifs is 1. The van der Waals surface area contributed by atoms with Crippen molar-refractivity contribution < 1.29 is 63.9 Å². The number of aliphatic hydroxyl groups is 3. The molecule has 0 aromatic heterocycles. The van der Waals surface area contributed by atoms with E-state index in [2.05, 4.69) is 0 Å². The molecule has 0 saturated carbocycles. The van der Waals surface area contributed by atoms with E-state index in [-0.39, 0.29) is 71.6 Å². The van der Waals surface area contributed by atoms with Gasteiger partial charge in [0.15, 0.2) is 46.0 Å². The average Bonchev–Trinajstić information content (AvgIpc) is 3.71. The Hall–Kier alpha value is -5.37. The molecule has 0 bridgehead atoms. The number of hydrogen-bond acceptors (Lipinski definition) is 13. The van der Waals surface area contributed by atoms with Gasteiger partial charge in [-0.05, 0) is 71.5 Å². The Bertz CT molecular complexity index is 1960. The van der Waals surface area contributed by atoms with Crippen molar-refractivity contribution in [3.8, 4) is 46.0 Å². The molecule has 53 heavy (non-hydrogen) atoms.